The Kier molecular flexibility index (Phi) is 5.36. The zero-order chi connectivity index (χ0) is 21.3. The maximum Gasteiger partial charge on any atom is 0.277 e. The highest BCUT2D eigenvalue weighted by molar-refractivity contribution is 6.08. The number of fused-ring (bicyclic) bond motifs is 1. The van der Waals surface area contributed by atoms with Gasteiger partial charge in [0.2, 0.25) is 0 Å². The first-order valence-corrected chi connectivity index (χ1v) is 10.2. The third kappa shape index (κ3) is 3.71. The molecule has 5 heteroatoms. The van der Waals surface area contributed by atoms with Crippen LogP contribution >= 0.6 is 0 Å². The first-order chi connectivity index (χ1) is 14.5. The second kappa shape index (κ2) is 8.11. The fourth-order valence-electron chi connectivity index (χ4n) is 3.98. The number of carbonyl (C=O) groups is 2. The quantitative estimate of drug-likeness (QED) is 0.668. The van der Waals surface area contributed by atoms with Crippen molar-refractivity contribution in [3.05, 3.63) is 89.2 Å². The number of para-hydroxylation sites is 2. The molecule has 3 aromatic rings. The van der Waals surface area contributed by atoms with E-state index in [4.69, 9.17) is 0 Å². The lowest BCUT2D eigenvalue weighted by Gasteiger charge is -2.22. The number of amides is 2. The summed E-state index contributed by atoms with van der Waals surface area (Å²) in [5, 5.41) is 2.94. The van der Waals surface area contributed by atoms with Crippen molar-refractivity contribution >= 4 is 23.2 Å². The number of nitrogens with zero attached hydrogens (tertiary/aromatic N) is 2. The van der Waals surface area contributed by atoms with Crippen LogP contribution in [0.25, 0.3) is 0 Å². The van der Waals surface area contributed by atoms with Gasteiger partial charge in [0.15, 0.2) is 0 Å². The molecule has 30 heavy (non-hydrogen) atoms. The molecule has 0 aliphatic carbocycles. The number of pyridine rings is 1. The molecule has 4 rings (SSSR count). The molecular formula is C25H25N3O2. The Morgan fingerprint density at radius 3 is 2.47 bits per heavy atom. The zero-order valence-corrected chi connectivity index (χ0v) is 17.4. The molecule has 152 valence electrons. The molecule has 5 nitrogen and oxygen atoms in total. The van der Waals surface area contributed by atoms with Gasteiger partial charge in [0.25, 0.3) is 11.8 Å². The van der Waals surface area contributed by atoms with Crippen LogP contribution in [-0.4, -0.2) is 22.8 Å². The number of hydrogen-bond acceptors (Lipinski definition) is 3. The summed E-state index contributed by atoms with van der Waals surface area (Å²) < 4.78 is 0. The molecule has 2 aromatic carbocycles. The molecule has 0 radical (unpaired) electrons. The van der Waals surface area contributed by atoms with Crippen molar-refractivity contribution in [1.82, 2.24) is 4.98 Å². The van der Waals surface area contributed by atoms with Crippen molar-refractivity contribution in [3.63, 3.8) is 0 Å². The SMILES string of the molecule is CC(C)c1ccccc1NC(=O)c1cccc(C(=O)N2c3ccccc3CC2C)n1. The molecule has 2 heterocycles. The summed E-state index contributed by atoms with van der Waals surface area (Å²) >= 11 is 0. The lowest BCUT2D eigenvalue weighted by atomic mass is 10.0. The van der Waals surface area contributed by atoms with E-state index in [9.17, 15) is 9.59 Å². The van der Waals surface area contributed by atoms with Gasteiger partial charge in [-0.3, -0.25) is 9.59 Å². The molecular weight excluding hydrogens is 374 g/mol. The summed E-state index contributed by atoms with van der Waals surface area (Å²) in [5.41, 5.74) is 4.37. The summed E-state index contributed by atoms with van der Waals surface area (Å²) in [4.78, 5) is 32.2. The predicted molar refractivity (Wildman–Crippen MR) is 119 cm³/mol. The van der Waals surface area contributed by atoms with Crippen LogP contribution in [0.5, 0.6) is 0 Å². The lowest BCUT2D eigenvalue weighted by Crippen LogP contribution is -2.36. The van der Waals surface area contributed by atoms with Gasteiger partial charge < -0.3 is 10.2 Å². The molecule has 1 N–H and O–H groups in total. The van der Waals surface area contributed by atoms with Crippen molar-refractivity contribution < 1.29 is 9.59 Å². The molecule has 0 spiro atoms. The van der Waals surface area contributed by atoms with E-state index in [2.05, 4.69) is 24.1 Å². The maximum absolute atomic E-state index is 13.2. The van der Waals surface area contributed by atoms with E-state index in [0.29, 0.717) is 0 Å². The number of rotatable bonds is 4. The van der Waals surface area contributed by atoms with Crippen LogP contribution in [0.1, 0.15) is 58.8 Å². The molecule has 0 fully saturated rings. The number of benzene rings is 2. The normalized spacial score (nSPS) is 15.2. The molecule has 1 atom stereocenters. The lowest BCUT2D eigenvalue weighted by molar-refractivity contribution is 0.0976. The minimum absolute atomic E-state index is 0.0482. The second-order valence-corrected chi connectivity index (χ2v) is 7.96. The second-order valence-electron chi connectivity index (χ2n) is 7.96. The van der Waals surface area contributed by atoms with Gasteiger partial charge in [0.1, 0.15) is 11.4 Å². The summed E-state index contributed by atoms with van der Waals surface area (Å²) in [7, 11) is 0. The third-order valence-electron chi connectivity index (χ3n) is 5.46. The third-order valence-corrected chi connectivity index (χ3v) is 5.46. The van der Waals surface area contributed by atoms with E-state index in [-0.39, 0.29) is 35.2 Å². The van der Waals surface area contributed by atoms with Crippen LogP contribution in [0.3, 0.4) is 0 Å². The Balaban J connectivity index is 1.59. The summed E-state index contributed by atoms with van der Waals surface area (Å²) in [6, 6.07) is 20.7. The molecule has 0 saturated heterocycles. The molecule has 1 unspecified atom stereocenters. The highest BCUT2D eigenvalue weighted by atomic mass is 16.2. The number of nitrogens with one attached hydrogen (secondary N) is 1. The Morgan fingerprint density at radius 1 is 0.967 bits per heavy atom. The average Bonchev–Trinajstić information content (AvgIpc) is 3.09. The van der Waals surface area contributed by atoms with Crippen LogP contribution < -0.4 is 10.2 Å². The van der Waals surface area contributed by atoms with Crippen LogP contribution in [0, 0.1) is 0 Å². The fourth-order valence-corrected chi connectivity index (χ4v) is 3.98. The van der Waals surface area contributed by atoms with Gasteiger partial charge in [0.05, 0.1) is 0 Å². The Morgan fingerprint density at radius 2 is 1.67 bits per heavy atom. The van der Waals surface area contributed by atoms with Crippen molar-refractivity contribution in [3.8, 4) is 0 Å². The summed E-state index contributed by atoms with van der Waals surface area (Å²) in [6.07, 6.45) is 0.814. The van der Waals surface area contributed by atoms with Gasteiger partial charge in [-0.2, -0.15) is 0 Å². The summed E-state index contributed by atoms with van der Waals surface area (Å²) in [6.45, 7) is 6.19. The molecule has 0 saturated carbocycles. The van der Waals surface area contributed by atoms with Crippen molar-refractivity contribution in [2.75, 3.05) is 10.2 Å². The Hall–Kier alpha value is -3.47. The van der Waals surface area contributed by atoms with E-state index in [1.54, 1.807) is 23.1 Å². The van der Waals surface area contributed by atoms with Crippen LogP contribution in [0.4, 0.5) is 11.4 Å². The van der Waals surface area contributed by atoms with Crippen LogP contribution in [0.2, 0.25) is 0 Å². The van der Waals surface area contributed by atoms with Crippen molar-refractivity contribution in [1.29, 1.82) is 0 Å². The van der Waals surface area contributed by atoms with Gasteiger partial charge in [-0.05, 0) is 54.7 Å². The average molecular weight is 399 g/mol. The molecule has 0 bridgehead atoms. The smallest absolute Gasteiger partial charge is 0.277 e. The molecule has 1 aliphatic heterocycles. The minimum atomic E-state index is -0.326. The summed E-state index contributed by atoms with van der Waals surface area (Å²) in [5.74, 6) is -0.239. The van der Waals surface area contributed by atoms with Crippen LogP contribution in [0.15, 0.2) is 66.7 Å². The monoisotopic (exact) mass is 399 g/mol. The molecule has 2 amide bonds. The van der Waals surface area contributed by atoms with Crippen molar-refractivity contribution in [2.24, 2.45) is 0 Å². The number of aromatic nitrogens is 1. The van der Waals surface area contributed by atoms with Gasteiger partial charge >= 0.3 is 0 Å². The predicted octanol–water partition coefficient (Wildman–Crippen LogP) is 5.05. The van der Waals surface area contributed by atoms with Gasteiger partial charge in [-0.1, -0.05) is 56.3 Å². The van der Waals surface area contributed by atoms with E-state index in [1.165, 1.54) is 0 Å². The van der Waals surface area contributed by atoms with Gasteiger partial charge in [-0.15, -0.1) is 0 Å². The Bertz CT molecular complexity index is 1110. The minimum Gasteiger partial charge on any atom is -0.320 e. The van der Waals surface area contributed by atoms with Gasteiger partial charge in [0, 0.05) is 17.4 Å². The highest BCUT2D eigenvalue weighted by Crippen LogP contribution is 2.33. The van der Waals surface area contributed by atoms with E-state index in [0.717, 1.165) is 28.9 Å². The van der Waals surface area contributed by atoms with Crippen LogP contribution in [-0.2, 0) is 6.42 Å². The van der Waals surface area contributed by atoms with E-state index in [1.807, 2.05) is 55.5 Å². The first kappa shape index (κ1) is 19.8. The maximum atomic E-state index is 13.2. The zero-order valence-electron chi connectivity index (χ0n) is 17.4. The fraction of sp³-hybridized carbons (Fsp3) is 0.240. The van der Waals surface area contributed by atoms with E-state index < -0.39 is 0 Å². The first-order valence-electron chi connectivity index (χ1n) is 10.2. The molecule has 1 aliphatic rings. The molecule has 1 aromatic heterocycles. The Labute approximate surface area is 176 Å². The van der Waals surface area contributed by atoms with E-state index >= 15 is 0 Å². The standard InChI is InChI=1S/C25H25N3O2/c1-16(2)19-10-5-6-11-20(19)27-24(29)21-12-8-13-22(26-21)25(30)28-17(3)15-18-9-4-7-14-23(18)28/h4-14,16-17H,15H2,1-3H3,(H,27,29). The topological polar surface area (TPSA) is 62.3 Å². The largest absolute Gasteiger partial charge is 0.320 e. The number of anilines is 2. The number of hydrogen-bond donors (Lipinski definition) is 1. The highest BCUT2D eigenvalue weighted by Gasteiger charge is 2.32. The van der Waals surface area contributed by atoms with Gasteiger partial charge in [-0.25, -0.2) is 4.98 Å². The van der Waals surface area contributed by atoms with Crippen molar-refractivity contribution in [2.45, 2.75) is 39.2 Å². The number of carbonyl (C=O) groups excluding carboxylic acids is 2.